The van der Waals surface area contributed by atoms with Crippen LogP contribution in [0.5, 0.6) is 0 Å². The van der Waals surface area contributed by atoms with Crippen molar-refractivity contribution in [3.05, 3.63) is 29.8 Å². The molecule has 4 unspecified atom stereocenters. The number of Topliss-reactive ketones (excluding diaryl/α,β-unsaturated/α-hetero) is 1. The van der Waals surface area contributed by atoms with Crippen LogP contribution in [0.15, 0.2) is 29.2 Å². The van der Waals surface area contributed by atoms with Crippen LogP contribution in [0.1, 0.15) is 73.3 Å². The molecule has 3 aliphatic heterocycles. The van der Waals surface area contributed by atoms with Gasteiger partial charge in [0.05, 0.1) is 28.7 Å². The number of alkyl carbamates (subject to hydrolysis) is 1. The fourth-order valence-electron chi connectivity index (χ4n) is 8.39. The van der Waals surface area contributed by atoms with Crippen molar-refractivity contribution < 1.29 is 51.6 Å². The van der Waals surface area contributed by atoms with Crippen molar-refractivity contribution in [3.63, 3.8) is 0 Å². The number of carbonyl (C=O) groups is 3. The molecule has 0 radical (unpaired) electrons. The largest absolute Gasteiger partial charge is 0.458 e. The van der Waals surface area contributed by atoms with Gasteiger partial charge >= 0.3 is 12.1 Å². The summed E-state index contributed by atoms with van der Waals surface area (Å²) >= 11 is 0. The number of esters is 1. The van der Waals surface area contributed by atoms with Gasteiger partial charge in [-0.05, 0) is 91.2 Å². The SMILES string of the molecule is CC[C@H]1OC(=O)C(C)C(=O)[C@H](C)[C@@H](O[C@@H]2OC(CNCc3ccc(S(C)(=O)=O)cc3)CC(N(C)C)C2O)[C@](C)(OC)C[C@@H](C)CN[C@H](C)[C@H]2NC(=O)O[C@@]21C. The number of ether oxygens (including phenoxy) is 5. The highest BCUT2D eigenvalue weighted by atomic mass is 32.2. The fourth-order valence-corrected chi connectivity index (χ4v) is 9.02. The smallest absolute Gasteiger partial charge is 0.408 e. The summed E-state index contributed by atoms with van der Waals surface area (Å²) < 4.78 is 54.9. The number of amides is 1. The molecule has 312 valence electrons. The van der Waals surface area contributed by atoms with E-state index in [4.69, 9.17) is 23.7 Å². The standard InChI is InChI=1S/C39H64N4O11S/c1-12-30-39(7)33(42-37(47)54-39)25(5)41-19-22(2)18-38(6,50-10)34(23(3)31(44)24(4)35(46)52-30)53-36-32(45)29(43(8)9)17-27(51-36)21-40-20-26-13-15-28(16-14-26)55(11,48)49/h13-16,22-25,27,29-30,32-34,36,40-41,45H,12,17-21H2,1-11H3,(H,42,47)/t22-,23+,24?,25-,27?,29?,30-,32?,33-,34-,36+,38-,39-/m1/s1. The molecule has 0 saturated carbocycles. The van der Waals surface area contributed by atoms with E-state index in [1.807, 2.05) is 39.8 Å². The molecule has 0 bridgehead atoms. The molecule has 16 heteroatoms. The first-order valence-corrected chi connectivity index (χ1v) is 21.2. The quantitative estimate of drug-likeness (QED) is 0.200. The molecule has 15 nitrogen and oxygen atoms in total. The average Bonchev–Trinajstić information content (AvgIpc) is 3.45. The maximum Gasteiger partial charge on any atom is 0.408 e. The number of aliphatic hydroxyl groups excluding tert-OH is 1. The normalized spacial score (nSPS) is 38.3. The Morgan fingerprint density at radius 1 is 1.07 bits per heavy atom. The zero-order valence-corrected chi connectivity index (χ0v) is 35.1. The van der Waals surface area contributed by atoms with E-state index in [0.29, 0.717) is 38.9 Å². The van der Waals surface area contributed by atoms with E-state index in [2.05, 4.69) is 22.9 Å². The molecule has 0 aromatic heterocycles. The second-order valence-electron chi connectivity index (χ2n) is 16.5. The van der Waals surface area contributed by atoms with E-state index in [1.165, 1.54) is 13.2 Å². The van der Waals surface area contributed by atoms with E-state index < -0.39 is 87.5 Å². The first-order valence-electron chi connectivity index (χ1n) is 19.3. The minimum Gasteiger partial charge on any atom is -0.458 e. The van der Waals surface area contributed by atoms with Crippen molar-refractivity contribution in [2.45, 2.75) is 139 Å². The molecule has 0 aliphatic carbocycles. The minimum atomic E-state index is -3.31. The van der Waals surface area contributed by atoms with Crippen LogP contribution in [-0.2, 0) is 49.7 Å². The second kappa shape index (κ2) is 18.3. The van der Waals surface area contributed by atoms with Gasteiger partial charge in [-0.1, -0.05) is 32.9 Å². The second-order valence-corrected chi connectivity index (χ2v) is 18.5. The molecule has 1 amide bonds. The molecular formula is C39H64N4O11S. The third-order valence-electron chi connectivity index (χ3n) is 11.8. The Bertz CT molecular complexity index is 1600. The van der Waals surface area contributed by atoms with Crippen molar-refractivity contribution >= 4 is 27.7 Å². The predicted octanol–water partition coefficient (Wildman–Crippen LogP) is 2.42. The molecule has 55 heavy (non-hydrogen) atoms. The topological polar surface area (TPSA) is 191 Å². The number of nitrogens with one attached hydrogen (secondary N) is 3. The summed E-state index contributed by atoms with van der Waals surface area (Å²) in [6.45, 7) is 14.0. The summed E-state index contributed by atoms with van der Waals surface area (Å²) in [5, 5.41) is 21.5. The van der Waals surface area contributed by atoms with E-state index >= 15 is 0 Å². The van der Waals surface area contributed by atoms with Gasteiger partial charge in [-0.2, -0.15) is 0 Å². The summed E-state index contributed by atoms with van der Waals surface area (Å²) in [7, 11) is 1.99. The van der Waals surface area contributed by atoms with Gasteiger partial charge in [0.15, 0.2) is 27.5 Å². The Balaban J connectivity index is 1.61. The van der Waals surface area contributed by atoms with Crippen molar-refractivity contribution in [3.8, 4) is 0 Å². The van der Waals surface area contributed by atoms with Gasteiger partial charge in [0, 0.05) is 44.5 Å². The highest BCUT2D eigenvalue weighted by Crippen LogP contribution is 2.37. The van der Waals surface area contributed by atoms with Crippen LogP contribution < -0.4 is 16.0 Å². The number of aliphatic hydroxyl groups is 1. The lowest BCUT2D eigenvalue weighted by molar-refractivity contribution is -0.297. The Labute approximate surface area is 326 Å². The molecular weight excluding hydrogens is 733 g/mol. The first-order chi connectivity index (χ1) is 25.6. The lowest BCUT2D eigenvalue weighted by Gasteiger charge is -2.47. The van der Waals surface area contributed by atoms with Crippen molar-refractivity contribution in [2.24, 2.45) is 17.8 Å². The number of rotatable bonds is 10. The predicted molar refractivity (Wildman–Crippen MR) is 205 cm³/mol. The van der Waals surface area contributed by atoms with Crippen molar-refractivity contribution in [1.29, 1.82) is 0 Å². The zero-order chi connectivity index (χ0) is 41.0. The van der Waals surface area contributed by atoms with Gasteiger partial charge in [-0.3, -0.25) is 9.59 Å². The fraction of sp³-hybridized carbons (Fsp3) is 0.769. The Kier molecular flexibility index (Phi) is 14.9. The van der Waals surface area contributed by atoms with Gasteiger partial charge in [0.1, 0.15) is 18.1 Å². The number of benzene rings is 1. The van der Waals surface area contributed by atoms with Gasteiger partial charge in [-0.25, -0.2) is 13.2 Å². The van der Waals surface area contributed by atoms with Gasteiger partial charge in [0.25, 0.3) is 0 Å². The van der Waals surface area contributed by atoms with E-state index in [-0.39, 0.29) is 22.9 Å². The molecule has 4 rings (SSSR count). The number of hydrogen-bond donors (Lipinski definition) is 4. The number of methoxy groups -OCH3 is 1. The lowest BCUT2D eigenvalue weighted by Crippen LogP contribution is -2.60. The maximum absolute atomic E-state index is 14.3. The Morgan fingerprint density at radius 3 is 2.31 bits per heavy atom. The summed E-state index contributed by atoms with van der Waals surface area (Å²) in [5.41, 5.74) is -1.39. The molecule has 3 saturated heterocycles. The Morgan fingerprint density at radius 2 is 1.73 bits per heavy atom. The molecule has 3 heterocycles. The van der Waals surface area contributed by atoms with Crippen LogP contribution in [-0.4, -0.2) is 137 Å². The number of nitrogens with zero attached hydrogens (tertiary/aromatic N) is 1. The van der Waals surface area contributed by atoms with E-state index in [9.17, 15) is 27.9 Å². The maximum atomic E-state index is 14.3. The number of sulfone groups is 1. The van der Waals surface area contributed by atoms with E-state index in [0.717, 1.165) is 5.56 Å². The molecule has 13 atom stereocenters. The number of cyclic esters (lactones) is 1. The number of ketones is 1. The number of hydrogen-bond acceptors (Lipinski definition) is 14. The van der Waals surface area contributed by atoms with Crippen LogP contribution in [0, 0.1) is 17.8 Å². The third kappa shape index (κ3) is 10.4. The summed E-state index contributed by atoms with van der Waals surface area (Å²) in [6.07, 6.45) is -2.60. The average molecular weight is 797 g/mol. The van der Waals surface area contributed by atoms with Crippen LogP contribution in [0.25, 0.3) is 0 Å². The highest BCUT2D eigenvalue weighted by molar-refractivity contribution is 7.90. The van der Waals surface area contributed by atoms with Gasteiger partial charge in [-0.15, -0.1) is 0 Å². The highest BCUT2D eigenvalue weighted by Gasteiger charge is 2.55. The molecule has 1 aromatic carbocycles. The Hall–Kier alpha value is -2.70. The van der Waals surface area contributed by atoms with Crippen LogP contribution in [0.3, 0.4) is 0 Å². The first kappa shape index (κ1) is 45.0. The molecule has 3 aliphatic rings. The molecule has 1 aromatic rings. The van der Waals surface area contributed by atoms with Gasteiger partial charge in [0.2, 0.25) is 0 Å². The third-order valence-corrected chi connectivity index (χ3v) is 12.9. The summed E-state index contributed by atoms with van der Waals surface area (Å²) in [4.78, 5) is 42.8. The number of likely N-dealkylation sites (N-methyl/N-ethyl adjacent to an activating group) is 1. The monoisotopic (exact) mass is 796 g/mol. The van der Waals surface area contributed by atoms with Crippen LogP contribution in [0.2, 0.25) is 0 Å². The van der Waals surface area contributed by atoms with Crippen LogP contribution >= 0.6 is 0 Å². The summed E-state index contributed by atoms with van der Waals surface area (Å²) in [5.74, 6) is -3.31. The van der Waals surface area contributed by atoms with Crippen molar-refractivity contribution in [1.82, 2.24) is 20.9 Å². The van der Waals surface area contributed by atoms with Crippen molar-refractivity contribution in [2.75, 3.05) is 40.6 Å². The molecule has 0 spiro atoms. The number of fused-ring (bicyclic) bond motifs is 1. The number of carbonyl (C=O) groups excluding carboxylic acids is 3. The minimum absolute atomic E-state index is 0.0253. The molecule has 3 fully saturated rings. The van der Waals surface area contributed by atoms with Crippen LogP contribution in [0.4, 0.5) is 4.79 Å². The zero-order valence-electron chi connectivity index (χ0n) is 34.3. The van der Waals surface area contributed by atoms with Gasteiger partial charge < -0.3 is 49.6 Å². The summed E-state index contributed by atoms with van der Waals surface area (Å²) in [6, 6.07) is 5.52. The van der Waals surface area contributed by atoms with E-state index in [1.54, 1.807) is 45.2 Å². The molecule has 4 N–H and O–H groups in total. The lowest BCUT2D eigenvalue weighted by atomic mass is 9.78.